The van der Waals surface area contributed by atoms with Crippen LogP contribution >= 0.6 is 0 Å². The summed E-state index contributed by atoms with van der Waals surface area (Å²) in [6, 6.07) is 9.45. The van der Waals surface area contributed by atoms with Gasteiger partial charge in [0, 0.05) is 10.8 Å². The van der Waals surface area contributed by atoms with E-state index in [1.54, 1.807) is 24.3 Å². The van der Waals surface area contributed by atoms with Crippen LogP contribution in [-0.4, -0.2) is 42.5 Å². The molecule has 2 aromatic rings. The minimum Gasteiger partial charge on any atom is -0.490 e. The van der Waals surface area contributed by atoms with Crippen LogP contribution in [0.5, 0.6) is 11.5 Å². The van der Waals surface area contributed by atoms with Crippen LogP contribution in [0.25, 0.3) is 10.8 Å². The van der Waals surface area contributed by atoms with Gasteiger partial charge in [-0.2, -0.15) is 8.42 Å². The van der Waals surface area contributed by atoms with Gasteiger partial charge in [-0.05, 0) is 12.1 Å². The lowest BCUT2D eigenvalue weighted by molar-refractivity contribution is 0.0541. The predicted octanol–water partition coefficient (Wildman–Crippen LogP) is 0.753. The average Bonchev–Trinajstić information content (AvgIpc) is 2.44. The highest BCUT2D eigenvalue weighted by Crippen LogP contribution is 2.33. The number of hydrogen-bond donors (Lipinski definition) is 3. The van der Waals surface area contributed by atoms with Crippen LogP contribution in [0.15, 0.2) is 36.4 Å². The third-order valence-electron chi connectivity index (χ3n) is 2.68. The molecule has 0 bridgehead atoms. The lowest BCUT2D eigenvalue weighted by Crippen LogP contribution is -2.21. The van der Waals surface area contributed by atoms with Crippen molar-refractivity contribution < 1.29 is 32.1 Å². The van der Waals surface area contributed by atoms with E-state index < -0.39 is 23.1 Å². The molecule has 8 heteroatoms. The largest absolute Gasteiger partial charge is 0.490 e. The van der Waals surface area contributed by atoms with Gasteiger partial charge >= 0.3 is 10.4 Å². The van der Waals surface area contributed by atoms with Gasteiger partial charge in [0.25, 0.3) is 0 Å². The van der Waals surface area contributed by atoms with E-state index >= 15 is 0 Å². The smallest absolute Gasteiger partial charge is 0.446 e. The Morgan fingerprint density at radius 1 is 1.05 bits per heavy atom. The Balaban J connectivity index is 2.40. The molecule has 1 atom stereocenters. The summed E-state index contributed by atoms with van der Waals surface area (Å²) in [5.41, 5.74) is 0. The normalized spacial score (nSPS) is 13.1. The SMILES string of the molecule is O=S(=O)(O)Oc1ccc(OC[C@H](O)CO)c2ccccc12. The Morgan fingerprint density at radius 2 is 1.62 bits per heavy atom. The average molecular weight is 314 g/mol. The van der Waals surface area contributed by atoms with Crippen molar-refractivity contribution in [1.82, 2.24) is 0 Å². The summed E-state index contributed by atoms with van der Waals surface area (Å²) < 4.78 is 40.3. The molecule has 0 spiro atoms. The molecule has 0 heterocycles. The van der Waals surface area contributed by atoms with Gasteiger partial charge in [-0.3, -0.25) is 4.55 Å². The fraction of sp³-hybridized carbons (Fsp3) is 0.231. The molecule has 0 fully saturated rings. The molecular formula is C13H14O7S. The Labute approximate surface area is 121 Å². The van der Waals surface area contributed by atoms with Crippen LogP contribution in [0.2, 0.25) is 0 Å². The highest BCUT2D eigenvalue weighted by atomic mass is 32.3. The summed E-state index contributed by atoms with van der Waals surface area (Å²) in [5.74, 6) is 0.351. The van der Waals surface area contributed by atoms with Crippen LogP contribution in [0, 0.1) is 0 Å². The molecule has 2 aromatic carbocycles. The highest BCUT2D eigenvalue weighted by molar-refractivity contribution is 7.81. The summed E-state index contributed by atoms with van der Waals surface area (Å²) in [6.07, 6.45) is -1.02. The van der Waals surface area contributed by atoms with Crippen molar-refractivity contribution in [3.63, 3.8) is 0 Å². The Kier molecular flexibility index (Phi) is 4.63. The van der Waals surface area contributed by atoms with Crippen molar-refractivity contribution in [2.45, 2.75) is 6.10 Å². The molecule has 3 N–H and O–H groups in total. The zero-order valence-corrected chi connectivity index (χ0v) is 11.7. The zero-order valence-electron chi connectivity index (χ0n) is 10.8. The van der Waals surface area contributed by atoms with Gasteiger partial charge < -0.3 is 19.1 Å². The molecule has 0 aliphatic carbocycles. The number of fused-ring (bicyclic) bond motifs is 1. The first-order valence-electron chi connectivity index (χ1n) is 6.01. The first-order chi connectivity index (χ1) is 9.90. The molecule has 0 aromatic heterocycles. The molecular weight excluding hydrogens is 300 g/mol. The molecule has 0 unspecified atom stereocenters. The van der Waals surface area contributed by atoms with Crippen molar-refractivity contribution >= 4 is 21.2 Å². The van der Waals surface area contributed by atoms with Crippen LogP contribution < -0.4 is 8.92 Å². The minimum absolute atomic E-state index is 0.0387. The first kappa shape index (κ1) is 15.5. The molecule has 0 aliphatic heterocycles. The Bertz CT molecular complexity index is 726. The summed E-state index contributed by atoms with van der Waals surface area (Å²) in [4.78, 5) is 0. The second-order valence-corrected chi connectivity index (χ2v) is 5.29. The van der Waals surface area contributed by atoms with E-state index in [1.807, 2.05) is 0 Å². The summed E-state index contributed by atoms with van der Waals surface area (Å²) in [6.45, 7) is -0.541. The molecule has 7 nitrogen and oxygen atoms in total. The number of aliphatic hydroxyl groups is 2. The van der Waals surface area contributed by atoms with E-state index in [1.165, 1.54) is 12.1 Å². The maximum absolute atomic E-state index is 10.8. The van der Waals surface area contributed by atoms with Gasteiger partial charge in [0.1, 0.15) is 18.5 Å². The first-order valence-corrected chi connectivity index (χ1v) is 7.37. The zero-order chi connectivity index (χ0) is 15.5. The maximum Gasteiger partial charge on any atom is 0.446 e. The van der Waals surface area contributed by atoms with E-state index in [0.717, 1.165) is 0 Å². The molecule has 114 valence electrons. The topological polar surface area (TPSA) is 113 Å². The van der Waals surface area contributed by atoms with E-state index in [4.69, 9.17) is 14.4 Å². The second kappa shape index (κ2) is 6.27. The quantitative estimate of drug-likeness (QED) is 0.674. The summed E-state index contributed by atoms with van der Waals surface area (Å²) in [5, 5.41) is 19.0. The number of aliphatic hydroxyl groups excluding tert-OH is 2. The van der Waals surface area contributed by atoms with Gasteiger partial charge in [-0.25, -0.2) is 0 Å². The number of benzene rings is 2. The van der Waals surface area contributed by atoms with Gasteiger partial charge in [0.15, 0.2) is 5.75 Å². The highest BCUT2D eigenvalue weighted by Gasteiger charge is 2.13. The van der Waals surface area contributed by atoms with Crippen LogP contribution in [0.1, 0.15) is 0 Å². The maximum atomic E-state index is 10.8. The second-order valence-electron chi connectivity index (χ2n) is 4.27. The third kappa shape index (κ3) is 4.05. The fourth-order valence-corrected chi connectivity index (χ4v) is 2.17. The molecule has 2 rings (SSSR count). The van der Waals surface area contributed by atoms with Gasteiger partial charge in [0.2, 0.25) is 0 Å². The van der Waals surface area contributed by atoms with E-state index in [2.05, 4.69) is 4.18 Å². The number of rotatable bonds is 6. The molecule has 21 heavy (non-hydrogen) atoms. The van der Waals surface area contributed by atoms with E-state index in [0.29, 0.717) is 16.5 Å². The lowest BCUT2D eigenvalue weighted by Gasteiger charge is -2.13. The minimum atomic E-state index is -4.63. The van der Waals surface area contributed by atoms with Crippen LogP contribution in [0.3, 0.4) is 0 Å². The molecule has 0 radical (unpaired) electrons. The molecule has 0 saturated heterocycles. The monoisotopic (exact) mass is 314 g/mol. The predicted molar refractivity (Wildman–Crippen MR) is 74.7 cm³/mol. The van der Waals surface area contributed by atoms with Crippen LogP contribution in [-0.2, 0) is 10.4 Å². The Morgan fingerprint density at radius 3 is 2.19 bits per heavy atom. The number of ether oxygens (including phenoxy) is 1. The van der Waals surface area contributed by atoms with Crippen molar-refractivity contribution in [1.29, 1.82) is 0 Å². The lowest BCUT2D eigenvalue weighted by atomic mass is 10.1. The van der Waals surface area contributed by atoms with Crippen molar-refractivity contribution in [2.24, 2.45) is 0 Å². The molecule has 0 saturated carbocycles. The van der Waals surface area contributed by atoms with Crippen LogP contribution in [0.4, 0.5) is 0 Å². The van der Waals surface area contributed by atoms with Crippen molar-refractivity contribution in [2.75, 3.05) is 13.2 Å². The van der Waals surface area contributed by atoms with Gasteiger partial charge in [-0.15, -0.1) is 0 Å². The van der Waals surface area contributed by atoms with Crippen molar-refractivity contribution in [3.8, 4) is 11.5 Å². The molecule has 0 aliphatic rings. The summed E-state index contributed by atoms with van der Waals surface area (Å²) >= 11 is 0. The summed E-state index contributed by atoms with van der Waals surface area (Å²) in [7, 11) is -4.63. The van der Waals surface area contributed by atoms with Gasteiger partial charge in [-0.1, -0.05) is 24.3 Å². The standard InChI is InChI=1S/C13H14O7S/c14-7-9(15)8-19-12-5-6-13(20-21(16,17)18)11-4-2-1-3-10(11)12/h1-6,9,14-15H,7-8H2,(H,16,17,18)/t9-/m1/s1. The van der Waals surface area contributed by atoms with Crippen molar-refractivity contribution in [3.05, 3.63) is 36.4 Å². The Hall–Kier alpha value is -1.87. The number of hydrogen-bond acceptors (Lipinski definition) is 6. The fourth-order valence-electron chi connectivity index (χ4n) is 1.79. The third-order valence-corrected chi connectivity index (χ3v) is 3.07. The van der Waals surface area contributed by atoms with Gasteiger partial charge in [0.05, 0.1) is 6.61 Å². The van der Waals surface area contributed by atoms with E-state index in [-0.39, 0.29) is 12.4 Å². The molecule has 0 amide bonds. The van der Waals surface area contributed by atoms with E-state index in [9.17, 15) is 13.5 Å².